The molecule has 0 bridgehead atoms. The Morgan fingerprint density at radius 1 is 1.13 bits per heavy atom. The van der Waals surface area contributed by atoms with Gasteiger partial charge < -0.3 is 25.5 Å². The molecule has 3 aromatic rings. The molecule has 1 aromatic carbocycles. The lowest BCUT2D eigenvalue weighted by Crippen LogP contribution is -2.44. The van der Waals surface area contributed by atoms with Crippen LogP contribution in [-0.4, -0.2) is 59.2 Å². The van der Waals surface area contributed by atoms with E-state index in [1.165, 1.54) is 5.69 Å². The summed E-state index contributed by atoms with van der Waals surface area (Å²) in [5.41, 5.74) is 2.57. The van der Waals surface area contributed by atoms with Gasteiger partial charge in [0.1, 0.15) is 10.7 Å². The van der Waals surface area contributed by atoms with Crippen molar-refractivity contribution in [3.63, 3.8) is 0 Å². The van der Waals surface area contributed by atoms with Crippen molar-refractivity contribution in [1.82, 2.24) is 14.9 Å². The minimum absolute atomic E-state index is 0.231. The van der Waals surface area contributed by atoms with Gasteiger partial charge in [-0.15, -0.1) is 11.3 Å². The number of nitrogens with zero attached hydrogens (tertiary/aromatic N) is 4. The van der Waals surface area contributed by atoms with Gasteiger partial charge in [0, 0.05) is 43.8 Å². The van der Waals surface area contributed by atoms with Gasteiger partial charge in [-0.25, -0.2) is 9.78 Å². The minimum Gasteiger partial charge on any atom is -0.477 e. The molecule has 156 valence electrons. The summed E-state index contributed by atoms with van der Waals surface area (Å²) >= 11 is 4.57. The van der Waals surface area contributed by atoms with Crippen LogP contribution in [-0.2, 0) is 0 Å². The number of piperazine rings is 1. The van der Waals surface area contributed by atoms with Crippen molar-refractivity contribution in [1.29, 1.82) is 0 Å². The zero-order valence-corrected chi connectivity index (χ0v) is 18.7. The second-order valence-corrected chi connectivity index (χ2v) is 8.72. The van der Waals surface area contributed by atoms with Crippen molar-refractivity contribution in [2.45, 2.75) is 0 Å². The predicted octanol–water partition coefficient (Wildman–Crippen LogP) is 4.24. The van der Waals surface area contributed by atoms with E-state index < -0.39 is 5.97 Å². The minimum atomic E-state index is -0.975. The Labute approximate surface area is 186 Å². The maximum atomic E-state index is 11.3. The van der Waals surface area contributed by atoms with Crippen molar-refractivity contribution >= 4 is 62.1 Å². The molecule has 1 aliphatic heterocycles. The third kappa shape index (κ3) is 4.72. The second kappa shape index (κ2) is 8.99. The number of aromatic carboxylic acids is 1. The summed E-state index contributed by atoms with van der Waals surface area (Å²) < 4.78 is 0.640. The van der Waals surface area contributed by atoms with E-state index >= 15 is 0 Å². The second-order valence-electron chi connectivity index (χ2n) is 6.95. The van der Waals surface area contributed by atoms with Gasteiger partial charge >= 0.3 is 5.97 Å². The van der Waals surface area contributed by atoms with Crippen LogP contribution in [0.5, 0.6) is 0 Å². The number of carbonyl (C=O) groups is 1. The third-order valence-corrected chi connectivity index (χ3v) is 6.33. The molecule has 0 aliphatic carbocycles. The first kappa shape index (κ1) is 20.6. The molecule has 2 aromatic heterocycles. The van der Waals surface area contributed by atoms with Gasteiger partial charge in [0.2, 0.25) is 5.95 Å². The number of halogens is 1. The first-order valence-corrected chi connectivity index (χ1v) is 11.1. The van der Waals surface area contributed by atoms with Crippen molar-refractivity contribution < 1.29 is 9.90 Å². The molecule has 0 spiro atoms. The Balaban J connectivity index is 1.46. The van der Waals surface area contributed by atoms with Crippen LogP contribution in [0.3, 0.4) is 0 Å². The normalized spacial score (nSPS) is 14.5. The van der Waals surface area contributed by atoms with Crippen molar-refractivity contribution in [2.24, 2.45) is 0 Å². The molecule has 0 amide bonds. The summed E-state index contributed by atoms with van der Waals surface area (Å²) in [6.07, 6.45) is 1.63. The van der Waals surface area contributed by atoms with E-state index in [4.69, 9.17) is 0 Å². The molecular weight excluding hydrogens is 468 g/mol. The Hall–Kier alpha value is -2.69. The summed E-state index contributed by atoms with van der Waals surface area (Å²) in [5, 5.41) is 17.3. The fraction of sp³-hybridized carbons (Fsp3) is 0.250. The smallest absolute Gasteiger partial charge is 0.348 e. The van der Waals surface area contributed by atoms with Crippen molar-refractivity contribution in [3.8, 4) is 0 Å². The maximum Gasteiger partial charge on any atom is 0.348 e. The Morgan fingerprint density at radius 2 is 1.87 bits per heavy atom. The summed E-state index contributed by atoms with van der Waals surface area (Å²) in [4.78, 5) is 25.1. The highest BCUT2D eigenvalue weighted by molar-refractivity contribution is 9.10. The standard InChI is InChI=1S/C20H21BrN6O2S/c1-26-7-9-27(10-8-26)14-4-2-13(3-5-14)23-20-22-12-15(21)18(25-20)24-16-6-11-30-17(16)19(28)29/h2-6,11-12H,7-10H2,1H3,(H,28,29)(H2,22,23,24,25). The number of thiophene rings is 1. The van der Waals surface area contributed by atoms with E-state index in [9.17, 15) is 9.90 Å². The highest BCUT2D eigenvalue weighted by atomic mass is 79.9. The molecule has 0 unspecified atom stereocenters. The van der Waals surface area contributed by atoms with Crippen LogP contribution in [0.4, 0.5) is 28.8 Å². The first-order chi connectivity index (χ1) is 14.5. The number of rotatable bonds is 6. The number of likely N-dealkylation sites (N-methyl/N-ethyl adjacent to an activating group) is 1. The van der Waals surface area contributed by atoms with Crippen LogP contribution in [0.25, 0.3) is 0 Å². The van der Waals surface area contributed by atoms with Gasteiger partial charge in [0.15, 0.2) is 0 Å². The topological polar surface area (TPSA) is 93.6 Å². The Morgan fingerprint density at radius 3 is 2.57 bits per heavy atom. The first-order valence-electron chi connectivity index (χ1n) is 9.40. The van der Waals surface area contributed by atoms with Gasteiger partial charge in [-0.2, -0.15) is 4.98 Å². The molecule has 0 atom stereocenters. The molecule has 0 radical (unpaired) electrons. The number of anilines is 5. The van der Waals surface area contributed by atoms with Crippen molar-refractivity contribution in [3.05, 3.63) is 51.3 Å². The number of carboxylic acid groups (broad SMARTS) is 1. The molecule has 3 N–H and O–H groups in total. The number of benzene rings is 1. The molecule has 1 fully saturated rings. The monoisotopic (exact) mass is 488 g/mol. The largest absolute Gasteiger partial charge is 0.477 e. The molecule has 10 heteroatoms. The van der Waals surface area contributed by atoms with Gasteiger partial charge in [0.05, 0.1) is 10.2 Å². The number of hydrogen-bond acceptors (Lipinski definition) is 8. The van der Waals surface area contributed by atoms with E-state index in [1.807, 2.05) is 12.1 Å². The Kier molecular flexibility index (Phi) is 6.16. The number of carboxylic acids is 1. The average molecular weight is 489 g/mol. The summed E-state index contributed by atoms with van der Waals surface area (Å²) in [5.74, 6) is -0.0703. The summed E-state index contributed by atoms with van der Waals surface area (Å²) in [7, 11) is 2.15. The van der Waals surface area contributed by atoms with E-state index in [-0.39, 0.29) is 4.88 Å². The van der Waals surface area contributed by atoms with Crippen LogP contribution in [0.2, 0.25) is 0 Å². The third-order valence-electron chi connectivity index (χ3n) is 4.85. The van der Waals surface area contributed by atoms with Gasteiger partial charge in [0.25, 0.3) is 0 Å². The van der Waals surface area contributed by atoms with E-state index in [0.29, 0.717) is 21.9 Å². The van der Waals surface area contributed by atoms with E-state index in [0.717, 1.165) is 43.2 Å². The quantitative estimate of drug-likeness (QED) is 0.474. The van der Waals surface area contributed by atoms with Crippen LogP contribution >= 0.6 is 27.3 Å². The lowest BCUT2D eigenvalue weighted by Gasteiger charge is -2.34. The SMILES string of the molecule is CN1CCN(c2ccc(Nc3ncc(Br)c(Nc4ccsc4C(=O)O)n3)cc2)CC1. The number of aromatic nitrogens is 2. The molecule has 0 saturated carbocycles. The van der Waals surface area contributed by atoms with Crippen LogP contribution in [0.15, 0.2) is 46.4 Å². The zero-order valence-electron chi connectivity index (χ0n) is 16.3. The fourth-order valence-corrected chi connectivity index (χ4v) is 4.14. The fourth-order valence-electron chi connectivity index (χ4n) is 3.17. The van der Waals surface area contributed by atoms with Gasteiger partial charge in [-0.05, 0) is 58.7 Å². The van der Waals surface area contributed by atoms with E-state index in [2.05, 4.69) is 65.5 Å². The van der Waals surface area contributed by atoms with Crippen molar-refractivity contribution in [2.75, 3.05) is 48.8 Å². The lowest BCUT2D eigenvalue weighted by atomic mass is 10.2. The van der Waals surface area contributed by atoms with Crippen LogP contribution in [0.1, 0.15) is 9.67 Å². The van der Waals surface area contributed by atoms with Gasteiger partial charge in [-0.1, -0.05) is 0 Å². The molecular formula is C20H21BrN6O2S. The van der Waals surface area contributed by atoms with Crippen LogP contribution in [0, 0.1) is 0 Å². The molecule has 4 rings (SSSR count). The zero-order chi connectivity index (χ0) is 21.1. The number of nitrogens with one attached hydrogen (secondary N) is 2. The molecule has 30 heavy (non-hydrogen) atoms. The molecule has 1 aliphatic rings. The predicted molar refractivity (Wildman–Crippen MR) is 124 cm³/mol. The molecule has 8 nitrogen and oxygen atoms in total. The highest BCUT2D eigenvalue weighted by Crippen LogP contribution is 2.30. The van der Waals surface area contributed by atoms with Gasteiger partial charge in [-0.3, -0.25) is 0 Å². The van der Waals surface area contributed by atoms with E-state index in [1.54, 1.807) is 17.6 Å². The maximum absolute atomic E-state index is 11.3. The number of hydrogen-bond donors (Lipinski definition) is 3. The summed E-state index contributed by atoms with van der Waals surface area (Å²) in [6, 6.07) is 9.92. The highest BCUT2D eigenvalue weighted by Gasteiger charge is 2.15. The molecule has 3 heterocycles. The lowest BCUT2D eigenvalue weighted by molar-refractivity contribution is 0.0703. The molecule has 1 saturated heterocycles. The summed E-state index contributed by atoms with van der Waals surface area (Å²) in [6.45, 7) is 4.18. The Bertz CT molecular complexity index is 1030. The van der Waals surface area contributed by atoms with Crippen LogP contribution < -0.4 is 15.5 Å². The average Bonchev–Trinajstić information content (AvgIpc) is 3.20.